The number of nitrogens with zero attached hydrogens (tertiary/aromatic N) is 1. The summed E-state index contributed by atoms with van der Waals surface area (Å²) in [5, 5.41) is 14.8. The van der Waals surface area contributed by atoms with Gasteiger partial charge in [-0.15, -0.1) is 0 Å². The average Bonchev–Trinajstić information content (AvgIpc) is 2.87. The quantitative estimate of drug-likeness (QED) is 0.632. The minimum atomic E-state index is -0.154. The van der Waals surface area contributed by atoms with E-state index in [0.29, 0.717) is 17.2 Å². The largest absolute Gasteiger partial charge is 0.486 e. The smallest absolute Gasteiger partial charge is 0.258 e. The van der Waals surface area contributed by atoms with Crippen molar-refractivity contribution in [3.63, 3.8) is 0 Å². The van der Waals surface area contributed by atoms with Crippen LogP contribution < -0.4 is 14.8 Å². The summed E-state index contributed by atoms with van der Waals surface area (Å²) in [5.41, 5.74) is 1.23. The van der Waals surface area contributed by atoms with Crippen molar-refractivity contribution in [2.75, 3.05) is 13.2 Å². The third kappa shape index (κ3) is 3.20. The lowest BCUT2D eigenvalue weighted by molar-refractivity contribution is -0.123. The number of oxime groups is 1. The van der Waals surface area contributed by atoms with E-state index in [1.54, 1.807) is 18.2 Å². The van der Waals surface area contributed by atoms with Gasteiger partial charge in [0.1, 0.15) is 23.8 Å². The SMILES string of the molecule is CCC(C)NC(=O)COc1ccc2c(c1)OCC2=NO. The molecule has 1 unspecified atom stereocenters. The van der Waals surface area contributed by atoms with Gasteiger partial charge in [0.25, 0.3) is 5.91 Å². The average molecular weight is 278 g/mol. The molecule has 1 aromatic carbocycles. The van der Waals surface area contributed by atoms with Crippen LogP contribution in [0.2, 0.25) is 0 Å². The van der Waals surface area contributed by atoms with Gasteiger partial charge in [0, 0.05) is 17.7 Å². The number of nitrogens with one attached hydrogen (secondary N) is 1. The molecule has 0 saturated heterocycles. The lowest BCUT2D eigenvalue weighted by Gasteiger charge is -2.12. The summed E-state index contributed by atoms with van der Waals surface area (Å²) in [6.07, 6.45) is 0.877. The van der Waals surface area contributed by atoms with Crippen molar-refractivity contribution in [2.45, 2.75) is 26.3 Å². The summed E-state index contributed by atoms with van der Waals surface area (Å²) in [7, 11) is 0. The van der Waals surface area contributed by atoms with Crippen molar-refractivity contribution < 1.29 is 19.5 Å². The summed E-state index contributed by atoms with van der Waals surface area (Å²) in [4.78, 5) is 11.6. The second kappa shape index (κ2) is 6.27. The highest BCUT2D eigenvalue weighted by Crippen LogP contribution is 2.29. The van der Waals surface area contributed by atoms with Crippen LogP contribution in [0.3, 0.4) is 0 Å². The maximum Gasteiger partial charge on any atom is 0.258 e. The zero-order valence-corrected chi connectivity index (χ0v) is 11.5. The normalized spacial score (nSPS) is 16.4. The molecule has 20 heavy (non-hydrogen) atoms. The Morgan fingerprint density at radius 2 is 2.40 bits per heavy atom. The first-order valence-corrected chi connectivity index (χ1v) is 6.54. The number of ether oxygens (including phenoxy) is 2. The molecule has 108 valence electrons. The van der Waals surface area contributed by atoms with E-state index in [1.165, 1.54) is 0 Å². The van der Waals surface area contributed by atoms with E-state index in [1.807, 2.05) is 13.8 Å². The molecule has 1 atom stereocenters. The number of rotatable bonds is 5. The fourth-order valence-electron chi connectivity index (χ4n) is 1.82. The van der Waals surface area contributed by atoms with Crippen molar-refractivity contribution in [3.05, 3.63) is 23.8 Å². The van der Waals surface area contributed by atoms with Crippen LogP contribution in [0.4, 0.5) is 0 Å². The van der Waals surface area contributed by atoms with Gasteiger partial charge in [-0.1, -0.05) is 12.1 Å². The van der Waals surface area contributed by atoms with E-state index in [4.69, 9.17) is 14.7 Å². The summed E-state index contributed by atoms with van der Waals surface area (Å²) in [6, 6.07) is 5.29. The molecule has 1 amide bonds. The fraction of sp³-hybridized carbons (Fsp3) is 0.429. The summed E-state index contributed by atoms with van der Waals surface area (Å²) < 4.78 is 10.8. The lowest BCUT2D eigenvalue weighted by atomic mass is 10.1. The van der Waals surface area contributed by atoms with E-state index >= 15 is 0 Å². The number of carbonyl (C=O) groups excluding carboxylic acids is 1. The number of benzene rings is 1. The Labute approximate surface area is 117 Å². The predicted molar refractivity (Wildman–Crippen MR) is 73.7 cm³/mol. The van der Waals surface area contributed by atoms with E-state index in [9.17, 15) is 4.79 Å². The van der Waals surface area contributed by atoms with E-state index in [0.717, 1.165) is 12.0 Å². The highest BCUT2D eigenvalue weighted by molar-refractivity contribution is 6.06. The molecular formula is C14H18N2O4. The number of hydrogen-bond donors (Lipinski definition) is 2. The molecule has 1 aromatic rings. The molecule has 0 aromatic heterocycles. The van der Waals surface area contributed by atoms with Gasteiger partial charge < -0.3 is 20.0 Å². The van der Waals surface area contributed by atoms with Crippen LogP contribution in [0.25, 0.3) is 0 Å². The van der Waals surface area contributed by atoms with Crippen molar-refractivity contribution in [2.24, 2.45) is 5.16 Å². The van der Waals surface area contributed by atoms with Crippen molar-refractivity contribution in [1.29, 1.82) is 0 Å². The third-order valence-electron chi connectivity index (χ3n) is 3.14. The Morgan fingerprint density at radius 1 is 1.60 bits per heavy atom. The standard InChI is InChI=1S/C14H18N2O4/c1-3-9(2)15-14(17)8-19-10-4-5-11-12(16-18)7-20-13(11)6-10/h4-6,9,18H,3,7-8H2,1-2H3,(H,15,17). The van der Waals surface area contributed by atoms with Gasteiger partial charge >= 0.3 is 0 Å². The highest BCUT2D eigenvalue weighted by Gasteiger charge is 2.20. The Hall–Kier alpha value is -2.24. The fourth-order valence-corrected chi connectivity index (χ4v) is 1.82. The Balaban J connectivity index is 1.94. The van der Waals surface area contributed by atoms with Crippen LogP contribution in [0.5, 0.6) is 11.5 Å². The first-order valence-electron chi connectivity index (χ1n) is 6.54. The van der Waals surface area contributed by atoms with Crippen LogP contribution in [0.1, 0.15) is 25.8 Å². The molecule has 2 rings (SSSR count). The molecule has 0 bridgehead atoms. The molecule has 1 aliphatic rings. The topological polar surface area (TPSA) is 80.2 Å². The molecular weight excluding hydrogens is 260 g/mol. The predicted octanol–water partition coefficient (Wildman–Crippen LogP) is 1.55. The van der Waals surface area contributed by atoms with Crippen LogP contribution in [0.15, 0.2) is 23.4 Å². The summed E-state index contributed by atoms with van der Waals surface area (Å²) in [6.45, 7) is 4.15. The van der Waals surface area contributed by atoms with Gasteiger partial charge in [0.05, 0.1) is 0 Å². The molecule has 0 radical (unpaired) electrons. The second-order valence-electron chi connectivity index (χ2n) is 4.66. The van der Waals surface area contributed by atoms with Crippen LogP contribution >= 0.6 is 0 Å². The Bertz CT molecular complexity index is 528. The summed E-state index contributed by atoms with van der Waals surface area (Å²) >= 11 is 0. The first kappa shape index (κ1) is 14.2. The molecule has 1 aliphatic heterocycles. The zero-order valence-electron chi connectivity index (χ0n) is 11.5. The Morgan fingerprint density at radius 3 is 3.10 bits per heavy atom. The zero-order chi connectivity index (χ0) is 14.5. The Kier molecular flexibility index (Phi) is 4.45. The maximum absolute atomic E-state index is 11.6. The first-order chi connectivity index (χ1) is 9.63. The number of carbonyl (C=O) groups is 1. The van der Waals surface area contributed by atoms with Crippen molar-refractivity contribution in [3.8, 4) is 11.5 Å². The number of fused-ring (bicyclic) bond motifs is 1. The second-order valence-corrected chi connectivity index (χ2v) is 4.66. The lowest BCUT2D eigenvalue weighted by Crippen LogP contribution is -2.35. The van der Waals surface area contributed by atoms with E-state index in [2.05, 4.69) is 10.5 Å². The highest BCUT2D eigenvalue weighted by atomic mass is 16.5. The monoisotopic (exact) mass is 278 g/mol. The molecule has 0 aliphatic carbocycles. The van der Waals surface area contributed by atoms with Gasteiger partial charge in [0.15, 0.2) is 6.61 Å². The van der Waals surface area contributed by atoms with E-state index in [-0.39, 0.29) is 25.2 Å². The van der Waals surface area contributed by atoms with Crippen molar-refractivity contribution >= 4 is 11.6 Å². The number of amides is 1. The molecule has 6 heteroatoms. The van der Waals surface area contributed by atoms with Gasteiger partial charge in [-0.25, -0.2) is 0 Å². The van der Waals surface area contributed by atoms with E-state index < -0.39 is 0 Å². The molecule has 0 saturated carbocycles. The van der Waals surface area contributed by atoms with Gasteiger partial charge in [-0.2, -0.15) is 0 Å². The minimum Gasteiger partial charge on any atom is -0.486 e. The molecule has 0 spiro atoms. The van der Waals surface area contributed by atoms with Crippen LogP contribution in [-0.4, -0.2) is 36.1 Å². The molecule has 2 N–H and O–H groups in total. The minimum absolute atomic E-state index is 0.0376. The van der Waals surface area contributed by atoms with Gasteiger partial charge in [-0.05, 0) is 25.5 Å². The molecule has 6 nitrogen and oxygen atoms in total. The molecule has 0 fully saturated rings. The number of hydrogen-bond acceptors (Lipinski definition) is 5. The van der Waals surface area contributed by atoms with Gasteiger partial charge in [-0.3, -0.25) is 4.79 Å². The van der Waals surface area contributed by atoms with Crippen LogP contribution in [0, 0.1) is 0 Å². The van der Waals surface area contributed by atoms with Crippen molar-refractivity contribution in [1.82, 2.24) is 5.32 Å². The summed E-state index contributed by atoms with van der Waals surface area (Å²) in [5.74, 6) is 0.984. The molecule has 1 heterocycles. The van der Waals surface area contributed by atoms with Gasteiger partial charge in [0.2, 0.25) is 0 Å². The van der Waals surface area contributed by atoms with Crippen LogP contribution in [-0.2, 0) is 4.79 Å². The maximum atomic E-state index is 11.6. The third-order valence-corrected chi connectivity index (χ3v) is 3.14.